The number of nitrogens with zero attached hydrogens (tertiary/aromatic N) is 4. The van der Waals surface area contributed by atoms with E-state index in [2.05, 4.69) is 15.6 Å². The Balaban J connectivity index is 2.05. The maximum absolute atomic E-state index is 11.9. The SMILES string of the molecule is COc1cccc(/C=N/NC(=O)Cn2nc(C)c([N+](=O)[O-])c2C)c1O. The highest BCUT2D eigenvalue weighted by molar-refractivity contribution is 5.86. The van der Waals surface area contributed by atoms with E-state index in [1.165, 1.54) is 31.9 Å². The molecule has 10 heteroatoms. The molecular formula is C15H17N5O5. The highest BCUT2D eigenvalue weighted by Gasteiger charge is 2.22. The summed E-state index contributed by atoms with van der Waals surface area (Å²) in [6.45, 7) is 2.80. The Hall–Kier alpha value is -3.43. The smallest absolute Gasteiger partial charge is 0.312 e. The number of hydrogen-bond donors (Lipinski definition) is 2. The Morgan fingerprint density at radius 2 is 2.24 bits per heavy atom. The lowest BCUT2D eigenvalue weighted by Crippen LogP contribution is -2.24. The molecule has 10 nitrogen and oxygen atoms in total. The molecule has 0 saturated heterocycles. The second-order valence-electron chi connectivity index (χ2n) is 5.13. The monoisotopic (exact) mass is 347 g/mol. The number of phenolic OH excluding ortho intramolecular Hbond substituents is 1. The maximum Gasteiger partial charge on any atom is 0.312 e. The van der Waals surface area contributed by atoms with Gasteiger partial charge in [0.05, 0.1) is 18.2 Å². The molecule has 0 aliphatic carbocycles. The summed E-state index contributed by atoms with van der Waals surface area (Å²) >= 11 is 0. The number of nitro groups is 1. The molecule has 25 heavy (non-hydrogen) atoms. The summed E-state index contributed by atoms with van der Waals surface area (Å²) < 4.78 is 6.21. The van der Waals surface area contributed by atoms with Gasteiger partial charge in [0.25, 0.3) is 5.91 Å². The highest BCUT2D eigenvalue weighted by atomic mass is 16.6. The minimum Gasteiger partial charge on any atom is -0.504 e. The molecule has 0 atom stereocenters. The third-order valence-corrected chi connectivity index (χ3v) is 3.46. The molecule has 2 rings (SSSR count). The zero-order valence-electron chi connectivity index (χ0n) is 13.9. The van der Waals surface area contributed by atoms with Crippen LogP contribution in [-0.2, 0) is 11.3 Å². The van der Waals surface area contributed by atoms with Crippen molar-refractivity contribution in [2.45, 2.75) is 20.4 Å². The third kappa shape index (κ3) is 3.91. The van der Waals surface area contributed by atoms with Crippen LogP contribution in [0.2, 0.25) is 0 Å². The van der Waals surface area contributed by atoms with Crippen molar-refractivity contribution in [3.8, 4) is 11.5 Å². The van der Waals surface area contributed by atoms with Crippen molar-refractivity contribution < 1.29 is 19.6 Å². The summed E-state index contributed by atoms with van der Waals surface area (Å²) in [7, 11) is 1.42. The molecule has 0 unspecified atom stereocenters. The molecule has 0 aliphatic rings. The van der Waals surface area contributed by atoms with Gasteiger partial charge in [0.2, 0.25) is 0 Å². The van der Waals surface area contributed by atoms with E-state index in [1.54, 1.807) is 18.2 Å². The number of nitrogens with one attached hydrogen (secondary N) is 1. The highest BCUT2D eigenvalue weighted by Crippen LogP contribution is 2.27. The number of rotatable bonds is 6. The first-order valence-corrected chi connectivity index (χ1v) is 7.21. The molecule has 1 heterocycles. The van der Waals surface area contributed by atoms with Crippen molar-refractivity contribution in [1.29, 1.82) is 0 Å². The van der Waals surface area contributed by atoms with Crippen molar-refractivity contribution in [2.75, 3.05) is 7.11 Å². The molecule has 132 valence electrons. The number of amides is 1. The van der Waals surface area contributed by atoms with E-state index in [0.717, 1.165) is 0 Å². The Bertz CT molecular complexity index is 843. The number of aromatic nitrogens is 2. The van der Waals surface area contributed by atoms with E-state index in [0.29, 0.717) is 5.56 Å². The van der Waals surface area contributed by atoms with Gasteiger partial charge in [-0.1, -0.05) is 6.07 Å². The molecule has 0 radical (unpaired) electrons. The van der Waals surface area contributed by atoms with Gasteiger partial charge in [0, 0.05) is 5.56 Å². The number of hydrazone groups is 1. The average molecular weight is 347 g/mol. The van der Waals surface area contributed by atoms with Crippen LogP contribution in [0.25, 0.3) is 0 Å². The van der Waals surface area contributed by atoms with Crippen LogP contribution in [0.3, 0.4) is 0 Å². The average Bonchev–Trinajstić information content (AvgIpc) is 2.83. The van der Waals surface area contributed by atoms with Crippen LogP contribution >= 0.6 is 0 Å². The van der Waals surface area contributed by atoms with Gasteiger partial charge in [-0.05, 0) is 26.0 Å². The number of carbonyl (C=O) groups is 1. The van der Waals surface area contributed by atoms with Crippen LogP contribution in [-0.4, -0.2) is 39.0 Å². The maximum atomic E-state index is 11.9. The fourth-order valence-corrected chi connectivity index (χ4v) is 2.26. The number of phenols is 1. The second kappa shape index (κ2) is 7.43. The minimum absolute atomic E-state index is 0.0998. The molecular weight excluding hydrogens is 330 g/mol. The van der Waals surface area contributed by atoms with Crippen LogP contribution in [0.4, 0.5) is 5.69 Å². The predicted octanol–water partition coefficient (Wildman–Crippen LogP) is 1.27. The molecule has 0 bridgehead atoms. The Labute approximate surface area is 142 Å². The molecule has 1 amide bonds. The lowest BCUT2D eigenvalue weighted by Gasteiger charge is -2.05. The lowest BCUT2D eigenvalue weighted by molar-refractivity contribution is -0.386. The van der Waals surface area contributed by atoms with Gasteiger partial charge < -0.3 is 9.84 Å². The second-order valence-corrected chi connectivity index (χ2v) is 5.13. The molecule has 2 aromatic rings. The zero-order valence-corrected chi connectivity index (χ0v) is 13.9. The van der Waals surface area contributed by atoms with Crippen LogP contribution in [0.15, 0.2) is 23.3 Å². The molecule has 0 saturated carbocycles. The standard InChI is InChI=1S/C15H17N5O5/c1-9-14(20(23)24)10(2)19(18-9)8-13(21)17-16-7-11-5-4-6-12(25-3)15(11)22/h4-7,22H,8H2,1-3H3,(H,17,21)/b16-7+. The number of benzene rings is 1. The Kier molecular flexibility index (Phi) is 5.32. The number of aromatic hydroxyl groups is 1. The topological polar surface area (TPSA) is 132 Å². The van der Waals surface area contributed by atoms with Gasteiger partial charge in [0.1, 0.15) is 17.9 Å². The number of carbonyl (C=O) groups excluding carboxylic acids is 1. The first kappa shape index (κ1) is 17.9. The number of para-hydroxylation sites is 1. The normalized spacial score (nSPS) is 10.8. The summed E-state index contributed by atoms with van der Waals surface area (Å²) in [5.74, 6) is -0.332. The predicted molar refractivity (Wildman–Crippen MR) is 88.8 cm³/mol. The molecule has 0 aliphatic heterocycles. The van der Waals surface area contributed by atoms with Gasteiger partial charge >= 0.3 is 5.69 Å². The quantitative estimate of drug-likeness (QED) is 0.459. The van der Waals surface area contributed by atoms with E-state index < -0.39 is 10.8 Å². The van der Waals surface area contributed by atoms with Crippen LogP contribution in [0, 0.1) is 24.0 Å². The van der Waals surface area contributed by atoms with E-state index in [-0.39, 0.29) is 35.1 Å². The summed E-state index contributed by atoms with van der Waals surface area (Å²) in [6.07, 6.45) is 1.26. The van der Waals surface area contributed by atoms with E-state index in [4.69, 9.17) is 4.74 Å². The van der Waals surface area contributed by atoms with Crippen molar-refractivity contribution in [1.82, 2.24) is 15.2 Å². The zero-order chi connectivity index (χ0) is 18.6. The summed E-state index contributed by atoms with van der Waals surface area (Å²) in [5, 5.41) is 28.6. The molecule has 2 N–H and O–H groups in total. The van der Waals surface area contributed by atoms with Gasteiger partial charge in [-0.2, -0.15) is 10.2 Å². The van der Waals surface area contributed by atoms with Gasteiger partial charge in [-0.25, -0.2) is 5.43 Å². The summed E-state index contributed by atoms with van der Waals surface area (Å²) in [5.41, 5.74) is 3.05. The largest absolute Gasteiger partial charge is 0.504 e. The molecule has 0 spiro atoms. The third-order valence-electron chi connectivity index (χ3n) is 3.46. The van der Waals surface area contributed by atoms with Gasteiger partial charge in [-0.3, -0.25) is 19.6 Å². The Morgan fingerprint density at radius 1 is 1.52 bits per heavy atom. The van der Waals surface area contributed by atoms with Crippen molar-refractivity contribution in [3.63, 3.8) is 0 Å². The van der Waals surface area contributed by atoms with E-state index >= 15 is 0 Å². The van der Waals surface area contributed by atoms with E-state index in [1.807, 2.05) is 0 Å². The minimum atomic E-state index is -0.532. The number of hydrogen-bond acceptors (Lipinski definition) is 7. The van der Waals surface area contributed by atoms with E-state index in [9.17, 15) is 20.0 Å². The summed E-state index contributed by atoms with van der Waals surface area (Å²) in [6, 6.07) is 4.84. The number of aryl methyl sites for hydroxylation is 1. The fraction of sp³-hybridized carbons (Fsp3) is 0.267. The number of methoxy groups -OCH3 is 1. The van der Waals surface area contributed by atoms with Crippen molar-refractivity contribution in [3.05, 3.63) is 45.3 Å². The first-order valence-electron chi connectivity index (χ1n) is 7.21. The van der Waals surface area contributed by atoms with Gasteiger partial charge in [0.15, 0.2) is 11.5 Å². The van der Waals surface area contributed by atoms with Crippen LogP contribution in [0.5, 0.6) is 11.5 Å². The van der Waals surface area contributed by atoms with Crippen LogP contribution in [0.1, 0.15) is 17.0 Å². The molecule has 1 aromatic heterocycles. The van der Waals surface area contributed by atoms with Gasteiger partial charge in [-0.15, -0.1) is 0 Å². The molecule has 1 aromatic carbocycles. The lowest BCUT2D eigenvalue weighted by atomic mass is 10.2. The van der Waals surface area contributed by atoms with Crippen molar-refractivity contribution >= 4 is 17.8 Å². The van der Waals surface area contributed by atoms with Crippen molar-refractivity contribution in [2.24, 2.45) is 5.10 Å². The Morgan fingerprint density at radius 3 is 2.84 bits per heavy atom. The molecule has 0 fully saturated rings. The first-order chi connectivity index (χ1) is 11.8. The van der Waals surface area contributed by atoms with Crippen LogP contribution < -0.4 is 10.2 Å². The number of ether oxygens (including phenoxy) is 1. The fourth-order valence-electron chi connectivity index (χ4n) is 2.26. The summed E-state index contributed by atoms with van der Waals surface area (Å²) in [4.78, 5) is 22.3.